The summed E-state index contributed by atoms with van der Waals surface area (Å²) in [5.41, 5.74) is 14.8. The number of benzene rings is 6. The monoisotopic (exact) mass is 1120 g/mol. The summed E-state index contributed by atoms with van der Waals surface area (Å²) in [6, 6.07) is 47.8. The Bertz CT molecular complexity index is 3250. The molecule has 0 saturated carbocycles. The molecule has 434 valence electrons. The zero-order valence-electron chi connectivity index (χ0n) is 47.8. The number of β-amino-alcohol motifs (C(OH)–C–C–N with tert-alkyl or cyclic N) is 3. The molecule has 0 radical (unpaired) electrons. The normalized spacial score (nSPS) is 21.0. The summed E-state index contributed by atoms with van der Waals surface area (Å²) in [5, 5.41) is 43.4. The van der Waals surface area contributed by atoms with E-state index in [2.05, 4.69) is 152 Å². The van der Waals surface area contributed by atoms with Crippen LogP contribution in [0.2, 0.25) is 0 Å². The van der Waals surface area contributed by atoms with Gasteiger partial charge in [0, 0.05) is 128 Å². The van der Waals surface area contributed by atoms with Gasteiger partial charge < -0.3 is 36.2 Å². The number of para-hydroxylation sites is 1. The summed E-state index contributed by atoms with van der Waals surface area (Å²) in [7, 11) is 0. The molecule has 1 saturated heterocycles. The highest BCUT2D eigenvalue weighted by Crippen LogP contribution is 2.47. The maximum absolute atomic E-state index is 14.9. The number of aliphatic hydroxyl groups excluding tert-OH is 3. The van der Waals surface area contributed by atoms with Crippen LogP contribution >= 0.6 is 0 Å². The summed E-state index contributed by atoms with van der Waals surface area (Å²) in [4.78, 5) is 55.9. The largest absolute Gasteiger partial charge is 0.390 e. The standard InChI is InChI=1S/C68H81N9O6/c78-58(44-72-30-25-48-14-4-7-17-53(48)39-72)36-69-66(81)75-42-56(47-12-2-1-3-13-47)34-57(43-75)62-21-10-22-63-61(28-33-77(65(62)63)68(83)71-38-60(80)46-74-32-27-50-16-6-9-19-55(50)41-74)52-24-23-51-20-11-29-76(64(51)35-52)67(82)70-37-59(79)45-73-31-26-49-15-5-8-18-54(49)40-73/h1-10,12-19,21-24,35,56-61,78-80H,11,20,25-34,36-46H2,(H,69,81)(H,70,82)(H,71,83)/t56?,57?,58-,59-,60+,61?/m1/s1. The molecule has 6 atom stereocenters. The van der Waals surface area contributed by atoms with Crippen LogP contribution in [0.15, 0.2) is 140 Å². The predicted molar refractivity (Wildman–Crippen MR) is 325 cm³/mol. The smallest absolute Gasteiger partial charge is 0.321 e. The number of anilines is 2. The van der Waals surface area contributed by atoms with Crippen LogP contribution in [-0.2, 0) is 45.3 Å². The Morgan fingerprint density at radius 2 is 0.952 bits per heavy atom. The number of amides is 6. The lowest BCUT2D eigenvalue weighted by atomic mass is 9.76. The van der Waals surface area contributed by atoms with Crippen LogP contribution in [0.3, 0.4) is 0 Å². The molecule has 6 amide bonds. The first-order chi connectivity index (χ1) is 40.6. The topological polar surface area (TPSA) is 167 Å². The zero-order chi connectivity index (χ0) is 56.8. The third-order valence-corrected chi connectivity index (χ3v) is 18.5. The van der Waals surface area contributed by atoms with Gasteiger partial charge in [0.1, 0.15) is 0 Å². The molecular formula is C68H81N9O6. The molecule has 83 heavy (non-hydrogen) atoms. The molecule has 0 aliphatic carbocycles. The van der Waals surface area contributed by atoms with E-state index in [9.17, 15) is 29.7 Å². The van der Waals surface area contributed by atoms with Gasteiger partial charge in [-0.05, 0) is 112 Å². The van der Waals surface area contributed by atoms with Crippen LogP contribution in [0.1, 0.15) is 98.2 Å². The van der Waals surface area contributed by atoms with Crippen molar-refractivity contribution in [3.63, 3.8) is 0 Å². The van der Waals surface area contributed by atoms with Crippen LogP contribution < -0.4 is 25.8 Å². The van der Waals surface area contributed by atoms with Gasteiger partial charge in [-0.25, -0.2) is 14.4 Å². The Morgan fingerprint density at radius 1 is 0.458 bits per heavy atom. The van der Waals surface area contributed by atoms with Crippen molar-refractivity contribution < 1.29 is 29.7 Å². The van der Waals surface area contributed by atoms with Gasteiger partial charge in [-0.1, -0.05) is 133 Å². The second-order valence-corrected chi connectivity index (χ2v) is 24.1. The number of hydrogen-bond acceptors (Lipinski definition) is 9. The molecule has 0 spiro atoms. The molecule has 6 aromatic rings. The van der Waals surface area contributed by atoms with E-state index in [1.807, 2.05) is 32.9 Å². The number of aliphatic hydroxyl groups is 3. The number of likely N-dealkylation sites (tertiary alicyclic amines) is 1. The van der Waals surface area contributed by atoms with Crippen molar-refractivity contribution in [1.82, 2.24) is 35.6 Å². The Hall–Kier alpha value is -7.11. The number of aryl methyl sites for hydroxylation is 1. The van der Waals surface area contributed by atoms with Crippen molar-refractivity contribution in [1.29, 1.82) is 0 Å². The van der Waals surface area contributed by atoms with Crippen molar-refractivity contribution in [2.45, 2.75) is 101 Å². The Balaban J connectivity index is 0.790. The van der Waals surface area contributed by atoms with Crippen molar-refractivity contribution in [3.8, 4) is 0 Å². The van der Waals surface area contributed by atoms with Gasteiger partial charge >= 0.3 is 18.1 Å². The van der Waals surface area contributed by atoms with Gasteiger partial charge in [0.25, 0.3) is 0 Å². The van der Waals surface area contributed by atoms with E-state index in [0.29, 0.717) is 52.2 Å². The number of urea groups is 3. The van der Waals surface area contributed by atoms with Gasteiger partial charge in [-0.3, -0.25) is 24.5 Å². The first-order valence-electron chi connectivity index (χ1n) is 30.4. The summed E-state index contributed by atoms with van der Waals surface area (Å²) >= 11 is 0. The van der Waals surface area contributed by atoms with Gasteiger partial charge in [0.15, 0.2) is 0 Å². The molecule has 15 heteroatoms. The average Bonchev–Trinajstić information content (AvgIpc) is 3.59. The van der Waals surface area contributed by atoms with Gasteiger partial charge in [0.05, 0.1) is 24.0 Å². The summed E-state index contributed by atoms with van der Waals surface area (Å²) in [5.74, 6) is -0.300. The number of fused-ring (bicyclic) bond motifs is 5. The molecule has 12 rings (SSSR count). The van der Waals surface area contributed by atoms with Gasteiger partial charge in [-0.2, -0.15) is 0 Å². The van der Waals surface area contributed by atoms with E-state index in [1.54, 1.807) is 0 Å². The number of nitrogens with one attached hydrogen (secondary N) is 3. The van der Waals surface area contributed by atoms with Crippen LogP contribution in [0.4, 0.5) is 25.8 Å². The molecular weight excluding hydrogens is 1040 g/mol. The molecule has 1 fully saturated rings. The fraction of sp³-hybridized carbons (Fsp3) is 0.426. The van der Waals surface area contributed by atoms with Gasteiger partial charge in [0.2, 0.25) is 0 Å². The Morgan fingerprint density at radius 3 is 1.52 bits per heavy atom. The number of nitrogens with zero attached hydrogens (tertiary/aromatic N) is 6. The molecule has 0 aromatic heterocycles. The molecule has 0 bridgehead atoms. The number of piperidine rings is 1. The summed E-state index contributed by atoms with van der Waals surface area (Å²) < 4.78 is 0. The second-order valence-electron chi connectivity index (χ2n) is 24.1. The van der Waals surface area contributed by atoms with E-state index in [-0.39, 0.29) is 55.5 Å². The fourth-order valence-corrected chi connectivity index (χ4v) is 14.2. The number of carbonyl (C=O) groups excluding carboxylic acids is 3. The highest BCUT2D eigenvalue weighted by molar-refractivity contribution is 5.96. The molecule has 6 aliphatic rings. The minimum atomic E-state index is -0.782. The fourth-order valence-electron chi connectivity index (χ4n) is 14.2. The van der Waals surface area contributed by atoms with E-state index >= 15 is 0 Å². The van der Waals surface area contributed by atoms with Gasteiger partial charge in [-0.15, -0.1) is 0 Å². The van der Waals surface area contributed by atoms with Crippen molar-refractivity contribution >= 4 is 29.5 Å². The quantitative estimate of drug-likeness (QED) is 0.0603. The first-order valence-corrected chi connectivity index (χ1v) is 30.4. The van der Waals surface area contributed by atoms with Crippen LogP contribution in [0, 0.1) is 0 Å². The molecule has 6 aromatic carbocycles. The van der Waals surface area contributed by atoms with Crippen molar-refractivity contribution in [2.75, 3.05) is 94.9 Å². The highest BCUT2D eigenvalue weighted by Gasteiger charge is 2.39. The zero-order valence-corrected chi connectivity index (χ0v) is 47.8. The predicted octanol–water partition coefficient (Wildman–Crippen LogP) is 7.74. The van der Waals surface area contributed by atoms with E-state index in [1.165, 1.54) is 33.4 Å². The minimum absolute atomic E-state index is 0.00499. The highest BCUT2D eigenvalue weighted by atomic mass is 16.3. The summed E-state index contributed by atoms with van der Waals surface area (Å²) in [6.07, 6.45) is 3.56. The lowest BCUT2D eigenvalue weighted by Crippen LogP contribution is -2.50. The van der Waals surface area contributed by atoms with Crippen LogP contribution in [0.5, 0.6) is 0 Å². The lowest BCUT2D eigenvalue weighted by Gasteiger charge is -2.42. The number of carbonyl (C=O) groups is 3. The molecule has 15 nitrogen and oxygen atoms in total. The summed E-state index contributed by atoms with van der Waals surface area (Å²) in [6.45, 7) is 8.44. The number of rotatable bonds is 15. The average molecular weight is 1120 g/mol. The third kappa shape index (κ3) is 13.2. The Labute approximate surface area is 488 Å². The maximum atomic E-state index is 14.9. The molecule has 6 N–H and O–H groups in total. The third-order valence-electron chi connectivity index (χ3n) is 18.5. The van der Waals surface area contributed by atoms with Crippen molar-refractivity contribution in [2.24, 2.45) is 0 Å². The molecule has 6 aliphatic heterocycles. The molecule has 6 heterocycles. The molecule has 3 unspecified atom stereocenters. The maximum Gasteiger partial charge on any atom is 0.321 e. The van der Waals surface area contributed by atoms with Crippen molar-refractivity contribution in [3.05, 3.63) is 201 Å². The van der Waals surface area contributed by atoms with Crippen LogP contribution in [-0.4, -0.2) is 156 Å². The van der Waals surface area contributed by atoms with Crippen LogP contribution in [0.25, 0.3) is 0 Å². The van der Waals surface area contributed by atoms with E-state index in [4.69, 9.17) is 0 Å². The van der Waals surface area contributed by atoms with E-state index < -0.39 is 18.3 Å². The second kappa shape index (κ2) is 25.8. The SMILES string of the molecule is O=C(NC[C@@H](O)CN1CCc2ccccc2C1)N1CC(c2ccccc2)CC(c2cccc3c2N(C(=O)NC[C@H](O)CN2CCc4ccccc4C2)CCC3c2ccc3c(c2)N(C(=O)NC[C@@H](O)CN2CCc4ccccc4C2)CCC3)C1. The van der Waals surface area contributed by atoms with E-state index in [0.717, 1.165) is 117 Å². The number of hydrogen-bond donors (Lipinski definition) is 6. The minimum Gasteiger partial charge on any atom is -0.390 e. The Kier molecular flexibility index (Phi) is 17.5. The first kappa shape index (κ1) is 56.4. The lowest BCUT2D eigenvalue weighted by molar-refractivity contribution is 0.102.